The molecule has 0 bridgehead atoms. The molecule has 2 aliphatic rings. The van der Waals surface area contributed by atoms with Gasteiger partial charge in [0.05, 0.1) is 0 Å². The van der Waals surface area contributed by atoms with Gasteiger partial charge in [-0.2, -0.15) is 0 Å². The third kappa shape index (κ3) is 2.44. The second kappa shape index (κ2) is 5.32. The Kier molecular flexibility index (Phi) is 3.18. The van der Waals surface area contributed by atoms with Crippen molar-refractivity contribution in [3.05, 3.63) is 53.6 Å². The minimum atomic E-state index is 0.574. The molecule has 0 spiro atoms. The van der Waals surface area contributed by atoms with Gasteiger partial charge in [0, 0.05) is 12.2 Å². The Labute approximate surface area is 124 Å². The number of benzene rings is 2. The van der Waals surface area contributed by atoms with Crippen molar-refractivity contribution in [2.24, 2.45) is 0 Å². The SMILES string of the molecule is c1ccc2c(c1)NCCC2Cc1ccc2c(c1)OCCO2. The summed E-state index contributed by atoms with van der Waals surface area (Å²) in [5.41, 5.74) is 4.03. The van der Waals surface area contributed by atoms with Crippen LogP contribution in [0.5, 0.6) is 11.5 Å². The maximum absolute atomic E-state index is 5.69. The normalized spacial score (nSPS) is 19.5. The third-order valence-electron chi connectivity index (χ3n) is 4.30. The van der Waals surface area contributed by atoms with E-state index < -0.39 is 0 Å². The molecule has 0 aliphatic carbocycles. The molecule has 1 unspecified atom stereocenters. The van der Waals surface area contributed by atoms with Crippen molar-refractivity contribution in [1.29, 1.82) is 0 Å². The zero-order valence-electron chi connectivity index (χ0n) is 12.0. The van der Waals surface area contributed by atoms with Gasteiger partial charge in [-0.15, -0.1) is 0 Å². The van der Waals surface area contributed by atoms with Gasteiger partial charge in [-0.25, -0.2) is 0 Å². The van der Waals surface area contributed by atoms with Crippen LogP contribution in [0.3, 0.4) is 0 Å². The highest BCUT2D eigenvalue weighted by Gasteiger charge is 2.21. The summed E-state index contributed by atoms with van der Waals surface area (Å²) in [6.07, 6.45) is 2.22. The summed E-state index contributed by atoms with van der Waals surface area (Å²) >= 11 is 0. The van der Waals surface area contributed by atoms with Crippen LogP contribution in [0.1, 0.15) is 23.5 Å². The topological polar surface area (TPSA) is 30.5 Å². The van der Waals surface area contributed by atoms with Crippen molar-refractivity contribution in [1.82, 2.24) is 0 Å². The van der Waals surface area contributed by atoms with E-state index in [1.54, 1.807) is 0 Å². The van der Waals surface area contributed by atoms with Crippen LogP contribution in [-0.2, 0) is 6.42 Å². The van der Waals surface area contributed by atoms with Crippen LogP contribution in [0.4, 0.5) is 5.69 Å². The van der Waals surface area contributed by atoms with Crippen LogP contribution in [0.15, 0.2) is 42.5 Å². The average Bonchev–Trinajstić information content (AvgIpc) is 2.55. The predicted molar refractivity (Wildman–Crippen MR) is 83.4 cm³/mol. The quantitative estimate of drug-likeness (QED) is 0.912. The van der Waals surface area contributed by atoms with E-state index in [4.69, 9.17) is 9.47 Å². The highest BCUT2D eigenvalue weighted by atomic mass is 16.6. The van der Waals surface area contributed by atoms with Gasteiger partial charge in [0.25, 0.3) is 0 Å². The minimum absolute atomic E-state index is 0.574. The van der Waals surface area contributed by atoms with Gasteiger partial charge in [-0.05, 0) is 48.1 Å². The Bertz CT molecular complexity index is 653. The fourth-order valence-corrected chi connectivity index (χ4v) is 3.26. The van der Waals surface area contributed by atoms with Crippen molar-refractivity contribution in [2.45, 2.75) is 18.8 Å². The monoisotopic (exact) mass is 281 g/mol. The largest absolute Gasteiger partial charge is 0.486 e. The molecule has 108 valence electrons. The Morgan fingerprint density at radius 2 is 1.86 bits per heavy atom. The molecule has 1 atom stereocenters. The van der Waals surface area contributed by atoms with Crippen molar-refractivity contribution in [3.63, 3.8) is 0 Å². The maximum atomic E-state index is 5.69. The predicted octanol–water partition coefficient (Wildman–Crippen LogP) is 3.60. The first-order valence-electron chi connectivity index (χ1n) is 7.61. The smallest absolute Gasteiger partial charge is 0.161 e. The van der Waals surface area contributed by atoms with Crippen molar-refractivity contribution in [3.8, 4) is 11.5 Å². The zero-order valence-corrected chi connectivity index (χ0v) is 12.0. The fraction of sp³-hybridized carbons (Fsp3) is 0.333. The first-order chi connectivity index (χ1) is 10.4. The first-order valence-corrected chi connectivity index (χ1v) is 7.61. The van der Waals surface area contributed by atoms with Gasteiger partial charge in [0.2, 0.25) is 0 Å². The fourth-order valence-electron chi connectivity index (χ4n) is 3.26. The second-order valence-corrected chi connectivity index (χ2v) is 5.68. The number of rotatable bonds is 2. The molecule has 0 radical (unpaired) electrons. The van der Waals surface area contributed by atoms with E-state index in [0.717, 1.165) is 24.5 Å². The lowest BCUT2D eigenvalue weighted by molar-refractivity contribution is 0.171. The molecular weight excluding hydrogens is 262 g/mol. The zero-order chi connectivity index (χ0) is 14.1. The average molecular weight is 281 g/mol. The summed E-state index contributed by atoms with van der Waals surface area (Å²) in [4.78, 5) is 0. The Morgan fingerprint density at radius 3 is 2.81 bits per heavy atom. The van der Waals surface area contributed by atoms with E-state index in [0.29, 0.717) is 19.1 Å². The molecule has 2 aromatic carbocycles. The van der Waals surface area contributed by atoms with E-state index >= 15 is 0 Å². The summed E-state index contributed by atoms with van der Waals surface area (Å²) in [6.45, 7) is 2.34. The first kappa shape index (κ1) is 12.6. The molecule has 2 heterocycles. The summed E-state index contributed by atoms with van der Waals surface area (Å²) in [5, 5.41) is 3.48. The lowest BCUT2D eigenvalue weighted by Crippen LogP contribution is -2.18. The standard InChI is InChI=1S/C18H19NO2/c1-2-4-16-15(3-1)14(7-8-19-16)11-13-5-6-17-18(12-13)21-10-9-20-17/h1-6,12,14,19H,7-11H2. The van der Waals surface area contributed by atoms with Gasteiger partial charge < -0.3 is 14.8 Å². The summed E-state index contributed by atoms with van der Waals surface area (Å²) in [5.74, 6) is 2.33. The van der Waals surface area contributed by atoms with E-state index in [2.05, 4.69) is 41.7 Å². The lowest BCUT2D eigenvalue weighted by atomic mass is 9.86. The van der Waals surface area contributed by atoms with Crippen LogP contribution >= 0.6 is 0 Å². The van der Waals surface area contributed by atoms with Crippen LogP contribution in [0.25, 0.3) is 0 Å². The van der Waals surface area contributed by atoms with Crippen LogP contribution < -0.4 is 14.8 Å². The van der Waals surface area contributed by atoms with Crippen molar-refractivity contribution in [2.75, 3.05) is 25.1 Å². The van der Waals surface area contributed by atoms with E-state index in [1.165, 1.54) is 23.2 Å². The molecule has 4 rings (SSSR count). The number of para-hydroxylation sites is 1. The van der Waals surface area contributed by atoms with Gasteiger partial charge in [0.15, 0.2) is 11.5 Å². The highest BCUT2D eigenvalue weighted by molar-refractivity contribution is 5.55. The van der Waals surface area contributed by atoms with Gasteiger partial charge in [-0.1, -0.05) is 24.3 Å². The molecule has 0 amide bonds. The Balaban J connectivity index is 1.59. The van der Waals surface area contributed by atoms with Crippen LogP contribution in [0.2, 0.25) is 0 Å². The van der Waals surface area contributed by atoms with E-state index in [-0.39, 0.29) is 0 Å². The lowest BCUT2D eigenvalue weighted by Gasteiger charge is -2.27. The van der Waals surface area contributed by atoms with Crippen LogP contribution in [0, 0.1) is 0 Å². The van der Waals surface area contributed by atoms with E-state index in [9.17, 15) is 0 Å². The molecule has 21 heavy (non-hydrogen) atoms. The number of hydrogen-bond acceptors (Lipinski definition) is 3. The van der Waals surface area contributed by atoms with Gasteiger partial charge >= 0.3 is 0 Å². The molecular formula is C18H19NO2. The minimum Gasteiger partial charge on any atom is -0.486 e. The number of ether oxygens (including phenoxy) is 2. The molecule has 3 nitrogen and oxygen atoms in total. The number of nitrogens with one attached hydrogen (secondary N) is 1. The van der Waals surface area contributed by atoms with Crippen molar-refractivity contribution < 1.29 is 9.47 Å². The number of anilines is 1. The second-order valence-electron chi connectivity index (χ2n) is 5.68. The van der Waals surface area contributed by atoms with Crippen molar-refractivity contribution >= 4 is 5.69 Å². The molecule has 1 N–H and O–H groups in total. The Hall–Kier alpha value is -2.16. The van der Waals surface area contributed by atoms with Crippen LogP contribution in [-0.4, -0.2) is 19.8 Å². The number of hydrogen-bond donors (Lipinski definition) is 1. The summed E-state index contributed by atoms with van der Waals surface area (Å²) in [7, 11) is 0. The maximum Gasteiger partial charge on any atom is 0.161 e. The molecule has 0 saturated carbocycles. The third-order valence-corrected chi connectivity index (χ3v) is 4.30. The molecule has 2 aromatic rings. The van der Waals surface area contributed by atoms with E-state index in [1.807, 2.05) is 6.07 Å². The molecule has 0 fully saturated rings. The summed E-state index contributed by atoms with van der Waals surface area (Å²) < 4.78 is 11.3. The molecule has 0 saturated heterocycles. The molecule has 3 heteroatoms. The summed E-state index contributed by atoms with van der Waals surface area (Å²) in [6, 6.07) is 15.0. The van der Waals surface area contributed by atoms with Gasteiger partial charge in [-0.3, -0.25) is 0 Å². The Morgan fingerprint density at radius 1 is 1.00 bits per heavy atom. The number of fused-ring (bicyclic) bond motifs is 2. The molecule has 0 aromatic heterocycles. The molecule has 2 aliphatic heterocycles. The van der Waals surface area contributed by atoms with Gasteiger partial charge in [0.1, 0.15) is 13.2 Å². The highest BCUT2D eigenvalue weighted by Crippen LogP contribution is 2.36.